The van der Waals surface area contributed by atoms with Crippen molar-refractivity contribution in [1.29, 1.82) is 0 Å². The van der Waals surface area contributed by atoms with Gasteiger partial charge in [-0.3, -0.25) is 0 Å². The van der Waals surface area contributed by atoms with E-state index in [1.54, 1.807) is 6.07 Å². The second kappa shape index (κ2) is 4.93. The summed E-state index contributed by atoms with van der Waals surface area (Å²) in [5.74, 6) is -0.166. The molecule has 1 aromatic rings. The Balaban J connectivity index is 2.12. The minimum Gasteiger partial charge on any atom is -0.368 e. The van der Waals surface area contributed by atoms with Crippen LogP contribution in [0, 0.1) is 5.82 Å². The first-order chi connectivity index (χ1) is 7.78. The van der Waals surface area contributed by atoms with E-state index in [-0.39, 0.29) is 5.82 Å². The van der Waals surface area contributed by atoms with E-state index in [9.17, 15) is 4.39 Å². The summed E-state index contributed by atoms with van der Waals surface area (Å²) in [5.41, 5.74) is 0.255. The smallest absolute Gasteiger partial charge is 0.129 e. The van der Waals surface area contributed by atoms with Crippen LogP contribution in [0.5, 0.6) is 0 Å². The van der Waals surface area contributed by atoms with Crippen molar-refractivity contribution in [3.05, 3.63) is 35.6 Å². The molecule has 0 atom stereocenters. The molecule has 0 amide bonds. The van der Waals surface area contributed by atoms with Crippen LogP contribution in [0.4, 0.5) is 4.39 Å². The van der Waals surface area contributed by atoms with Crippen LogP contribution in [0.2, 0.25) is 0 Å². The Morgan fingerprint density at radius 1 is 1.38 bits per heavy atom. The lowest BCUT2D eigenvalue weighted by Gasteiger charge is -2.43. The van der Waals surface area contributed by atoms with Gasteiger partial charge in [-0.1, -0.05) is 31.5 Å². The largest absolute Gasteiger partial charge is 0.368 e. The third kappa shape index (κ3) is 2.11. The number of unbranched alkanes of at least 4 members (excludes halogenated alkanes) is 1. The van der Waals surface area contributed by atoms with E-state index in [0.29, 0.717) is 25.3 Å². The molecule has 1 fully saturated rings. The quantitative estimate of drug-likeness (QED) is 0.774. The van der Waals surface area contributed by atoms with Gasteiger partial charge >= 0.3 is 0 Å². The molecule has 16 heavy (non-hydrogen) atoms. The van der Waals surface area contributed by atoms with Gasteiger partial charge in [-0.15, -0.1) is 0 Å². The van der Waals surface area contributed by atoms with Gasteiger partial charge in [-0.25, -0.2) is 4.39 Å². The van der Waals surface area contributed by atoms with Crippen LogP contribution in [0.1, 0.15) is 25.3 Å². The highest BCUT2D eigenvalue weighted by Gasteiger charge is 2.41. The second-order valence-corrected chi connectivity index (χ2v) is 4.28. The lowest BCUT2D eigenvalue weighted by molar-refractivity contribution is -0.0896. The Hall–Kier alpha value is -0.930. The number of nitrogens with one attached hydrogen (secondary N) is 1. The minimum absolute atomic E-state index is 0.166. The Morgan fingerprint density at radius 2 is 2.12 bits per heavy atom. The average molecular weight is 223 g/mol. The van der Waals surface area contributed by atoms with Gasteiger partial charge in [0.25, 0.3) is 0 Å². The summed E-state index contributed by atoms with van der Waals surface area (Å²) in [5, 5.41) is 3.16. The van der Waals surface area contributed by atoms with Crippen molar-refractivity contribution >= 4 is 0 Å². The van der Waals surface area contributed by atoms with Crippen molar-refractivity contribution < 1.29 is 9.13 Å². The maximum absolute atomic E-state index is 13.7. The molecule has 1 aromatic carbocycles. The molecule has 1 aliphatic rings. The third-order valence-electron chi connectivity index (χ3n) is 3.06. The van der Waals surface area contributed by atoms with E-state index in [4.69, 9.17) is 4.74 Å². The zero-order valence-electron chi connectivity index (χ0n) is 9.63. The molecular formula is C13H18FNO. The van der Waals surface area contributed by atoms with Crippen LogP contribution in [0.25, 0.3) is 0 Å². The summed E-state index contributed by atoms with van der Waals surface area (Å²) in [6.45, 7) is 4.24. The van der Waals surface area contributed by atoms with Gasteiger partial charge < -0.3 is 10.1 Å². The van der Waals surface area contributed by atoms with Gasteiger partial charge in [-0.2, -0.15) is 0 Å². The Kier molecular flexibility index (Phi) is 3.56. The highest BCUT2D eigenvalue weighted by atomic mass is 19.1. The van der Waals surface area contributed by atoms with Crippen molar-refractivity contribution in [3.8, 4) is 0 Å². The van der Waals surface area contributed by atoms with Crippen LogP contribution >= 0.6 is 0 Å². The maximum Gasteiger partial charge on any atom is 0.129 e. The maximum atomic E-state index is 13.7. The predicted octanol–water partition coefficient (Wildman–Crippen LogP) is 2.44. The van der Waals surface area contributed by atoms with Gasteiger partial charge in [0.2, 0.25) is 0 Å². The molecular weight excluding hydrogens is 205 g/mol. The van der Waals surface area contributed by atoms with Crippen LogP contribution in [-0.4, -0.2) is 19.7 Å². The first-order valence-electron chi connectivity index (χ1n) is 5.88. The molecule has 1 heterocycles. The Morgan fingerprint density at radius 3 is 2.69 bits per heavy atom. The van der Waals surface area contributed by atoms with E-state index in [1.165, 1.54) is 6.07 Å². The zero-order valence-corrected chi connectivity index (χ0v) is 9.63. The van der Waals surface area contributed by atoms with Gasteiger partial charge in [0.05, 0.1) is 0 Å². The van der Waals surface area contributed by atoms with Gasteiger partial charge in [-0.05, 0) is 12.5 Å². The molecule has 0 unspecified atom stereocenters. The minimum atomic E-state index is -0.430. The number of hydrogen-bond donors (Lipinski definition) is 1. The normalized spacial score (nSPS) is 18.1. The molecule has 0 aliphatic carbocycles. The molecule has 88 valence electrons. The summed E-state index contributed by atoms with van der Waals surface area (Å²) in [4.78, 5) is 0. The summed E-state index contributed by atoms with van der Waals surface area (Å²) in [6, 6.07) is 6.90. The first kappa shape index (κ1) is 11.6. The van der Waals surface area contributed by atoms with Crippen molar-refractivity contribution in [2.45, 2.75) is 25.4 Å². The standard InChI is InChI=1S/C13H18FNO/c1-2-3-8-16-13(9-15-10-13)11-6-4-5-7-12(11)14/h4-7,15H,2-3,8-10H2,1H3. The molecule has 1 N–H and O–H groups in total. The fraction of sp³-hybridized carbons (Fsp3) is 0.538. The molecule has 3 heteroatoms. The number of hydrogen-bond acceptors (Lipinski definition) is 2. The zero-order chi connectivity index (χ0) is 11.4. The van der Waals surface area contributed by atoms with E-state index >= 15 is 0 Å². The highest BCUT2D eigenvalue weighted by molar-refractivity contribution is 5.28. The van der Waals surface area contributed by atoms with Crippen molar-refractivity contribution in [3.63, 3.8) is 0 Å². The first-order valence-corrected chi connectivity index (χ1v) is 5.88. The van der Waals surface area contributed by atoms with Gasteiger partial charge in [0, 0.05) is 25.3 Å². The molecule has 1 saturated heterocycles. The molecule has 0 bridgehead atoms. The van der Waals surface area contributed by atoms with Crippen molar-refractivity contribution in [2.24, 2.45) is 0 Å². The molecule has 0 radical (unpaired) electrons. The molecule has 0 aromatic heterocycles. The third-order valence-corrected chi connectivity index (χ3v) is 3.06. The highest BCUT2D eigenvalue weighted by Crippen LogP contribution is 2.31. The summed E-state index contributed by atoms with van der Waals surface area (Å²) in [7, 11) is 0. The van der Waals surface area contributed by atoms with Crippen molar-refractivity contribution in [2.75, 3.05) is 19.7 Å². The summed E-state index contributed by atoms with van der Waals surface area (Å²) in [6.07, 6.45) is 2.12. The number of halogens is 1. The number of ether oxygens (including phenoxy) is 1. The Labute approximate surface area is 95.8 Å². The van der Waals surface area contributed by atoms with E-state index in [0.717, 1.165) is 12.8 Å². The van der Waals surface area contributed by atoms with E-state index < -0.39 is 5.60 Å². The average Bonchev–Trinajstić information content (AvgIpc) is 2.24. The molecule has 0 spiro atoms. The van der Waals surface area contributed by atoms with E-state index in [2.05, 4.69) is 12.2 Å². The lowest BCUT2D eigenvalue weighted by atomic mass is 9.87. The molecule has 2 nitrogen and oxygen atoms in total. The van der Waals surface area contributed by atoms with Crippen LogP contribution < -0.4 is 5.32 Å². The van der Waals surface area contributed by atoms with Crippen molar-refractivity contribution in [1.82, 2.24) is 5.32 Å². The summed E-state index contributed by atoms with van der Waals surface area (Å²) >= 11 is 0. The molecule has 0 saturated carbocycles. The van der Waals surface area contributed by atoms with Crippen LogP contribution in [0.15, 0.2) is 24.3 Å². The molecule has 2 rings (SSSR count). The monoisotopic (exact) mass is 223 g/mol. The van der Waals surface area contributed by atoms with Crippen LogP contribution in [0.3, 0.4) is 0 Å². The van der Waals surface area contributed by atoms with E-state index in [1.807, 2.05) is 12.1 Å². The second-order valence-electron chi connectivity index (χ2n) is 4.28. The van der Waals surface area contributed by atoms with Gasteiger partial charge in [0.1, 0.15) is 11.4 Å². The van der Waals surface area contributed by atoms with Gasteiger partial charge in [0.15, 0.2) is 0 Å². The topological polar surface area (TPSA) is 21.3 Å². The number of rotatable bonds is 5. The number of benzene rings is 1. The fourth-order valence-electron chi connectivity index (χ4n) is 1.96. The fourth-order valence-corrected chi connectivity index (χ4v) is 1.96. The van der Waals surface area contributed by atoms with Crippen LogP contribution in [-0.2, 0) is 10.3 Å². The lowest BCUT2D eigenvalue weighted by Crippen LogP contribution is -2.59. The summed E-state index contributed by atoms with van der Waals surface area (Å²) < 4.78 is 19.6. The molecule has 1 aliphatic heterocycles. The Bertz CT molecular complexity index is 350. The SMILES string of the molecule is CCCCOC1(c2ccccc2F)CNC1. The predicted molar refractivity (Wildman–Crippen MR) is 61.8 cm³/mol.